The maximum Gasteiger partial charge on any atom is 0.409 e. The summed E-state index contributed by atoms with van der Waals surface area (Å²) < 4.78 is 16.5. The standard InChI is InChI=1S/C18H25NO4/c1-21-16-10-9-13(12-17(16)23-14-6-3-4-7-14)15-8-5-11-19(15)18(20)22-2/h9-10,12,14-15H,3-8,11H2,1-2H3. The van der Waals surface area contributed by atoms with Gasteiger partial charge in [-0.3, -0.25) is 0 Å². The largest absolute Gasteiger partial charge is 0.493 e. The Bertz CT molecular complexity index is 554. The number of methoxy groups -OCH3 is 2. The van der Waals surface area contributed by atoms with E-state index in [0.717, 1.165) is 49.3 Å². The normalized spacial score (nSPS) is 21.5. The van der Waals surface area contributed by atoms with Crippen LogP contribution in [0.3, 0.4) is 0 Å². The second-order valence-electron chi connectivity index (χ2n) is 6.26. The van der Waals surface area contributed by atoms with Gasteiger partial charge in [0.15, 0.2) is 11.5 Å². The molecule has 3 rings (SSSR count). The van der Waals surface area contributed by atoms with E-state index in [1.54, 1.807) is 12.0 Å². The fourth-order valence-corrected chi connectivity index (χ4v) is 3.63. The van der Waals surface area contributed by atoms with Crippen molar-refractivity contribution in [2.24, 2.45) is 0 Å². The number of likely N-dealkylation sites (tertiary alicyclic amines) is 1. The average Bonchev–Trinajstić information content (AvgIpc) is 3.25. The van der Waals surface area contributed by atoms with Gasteiger partial charge in [0.1, 0.15) is 0 Å². The minimum absolute atomic E-state index is 0.0549. The molecule has 2 fully saturated rings. The Hall–Kier alpha value is -1.91. The molecular formula is C18H25NO4. The summed E-state index contributed by atoms with van der Waals surface area (Å²) in [6, 6.07) is 6.04. The number of hydrogen-bond acceptors (Lipinski definition) is 4. The number of carbonyl (C=O) groups excluding carboxylic acids is 1. The lowest BCUT2D eigenvalue weighted by atomic mass is 10.0. The lowest BCUT2D eigenvalue weighted by molar-refractivity contribution is 0.119. The molecule has 1 aromatic rings. The van der Waals surface area contributed by atoms with Gasteiger partial charge in [0.05, 0.1) is 26.4 Å². The van der Waals surface area contributed by atoms with Gasteiger partial charge in [-0.2, -0.15) is 0 Å². The van der Waals surface area contributed by atoms with Crippen LogP contribution in [0.15, 0.2) is 18.2 Å². The van der Waals surface area contributed by atoms with Crippen molar-refractivity contribution in [3.05, 3.63) is 23.8 Å². The SMILES string of the molecule is COC(=O)N1CCCC1c1ccc(OC)c(OC2CCCC2)c1. The Labute approximate surface area is 137 Å². The molecule has 1 heterocycles. The van der Waals surface area contributed by atoms with E-state index in [1.165, 1.54) is 20.0 Å². The molecule has 23 heavy (non-hydrogen) atoms. The van der Waals surface area contributed by atoms with Crippen molar-refractivity contribution in [3.8, 4) is 11.5 Å². The van der Waals surface area contributed by atoms with Gasteiger partial charge >= 0.3 is 6.09 Å². The van der Waals surface area contributed by atoms with E-state index < -0.39 is 0 Å². The lowest BCUT2D eigenvalue weighted by Gasteiger charge is -2.25. The highest BCUT2D eigenvalue weighted by atomic mass is 16.5. The fourth-order valence-electron chi connectivity index (χ4n) is 3.63. The molecule has 5 heteroatoms. The molecule has 1 atom stereocenters. The molecule has 1 saturated carbocycles. The first-order chi connectivity index (χ1) is 11.2. The molecular weight excluding hydrogens is 294 g/mol. The summed E-state index contributed by atoms with van der Waals surface area (Å²) in [7, 11) is 3.09. The smallest absolute Gasteiger partial charge is 0.409 e. The van der Waals surface area contributed by atoms with Crippen LogP contribution in [0.1, 0.15) is 50.1 Å². The van der Waals surface area contributed by atoms with Crippen LogP contribution in [-0.4, -0.2) is 37.9 Å². The molecule has 1 unspecified atom stereocenters. The highest BCUT2D eigenvalue weighted by Crippen LogP contribution is 2.38. The zero-order chi connectivity index (χ0) is 16.2. The average molecular weight is 319 g/mol. The quantitative estimate of drug-likeness (QED) is 0.844. The number of benzene rings is 1. The third kappa shape index (κ3) is 3.38. The molecule has 2 aliphatic rings. The van der Waals surface area contributed by atoms with Crippen LogP contribution in [0.2, 0.25) is 0 Å². The van der Waals surface area contributed by atoms with E-state index in [9.17, 15) is 4.79 Å². The van der Waals surface area contributed by atoms with Gasteiger partial charge in [-0.15, -0.1) is 0 Å². The Balaban J connectivity index is 1.83. The predicted molar refractivity (Wildman–Crippen MR) is 87.0 cm³/mol. The molecule has 0 N–H and O–H groups in total. The first-order valence-electron chi connectivity index (χ1n) is 8.42. The molecule has 126 valence electrons. The highest BCUT2D eigenvalue weighted by molar-refractivity contribution is 5.68. The van der Waals surface area contributed by atoms with Crippen molar-refractivity contribution < 1.29 is 19.0 Å². The van der Waals surface area contributed by atoms with E-state index in [1.807, 2.05) is 18.2 Å². The summed E-state index contributed by atoms with van der Waals surface area (Å²) in [6.45, 7) is 0.738. The minimum atomic E-state index is -0.262. The summed E-state index contributed by atoms with van der Waals surface area (Å²) in [5, 5.41) is 0. The molecule has 1 aliphatic heterocycles. The third-order valence-electron chi connectivity index (χ3n) is 4.83. The van der Waals surface area contributed by atoms with E-state index in [2.05, 4.69) is 0 Å². The van der Waals surface area contributed by atoms with Crippen molar-refractivity contribution in [1.29, 1.82) is 0 Å². The van der Waals surface area contributed by atoms with Gasteiger partial charge in [-0.1, -0.05) is 6.07 Å². The molecule has 1 amide bonds. The van der Waals surface area contributed by atoms with Crippen molar-refractivity contribution in [2.75, 3.05) is 20.8 Å². The second-order valence-corrected chi connectivity index (χ2v) is 6.26. The van der Waals surface area contributed by atoms with E-state index in [-0.39, 0.29) is 18.2 Å². The molecule has 0 spiro atoms. The first kappa shape index (κ1) is 16.0. The molecule has 5 nitrogen and oxygen atoms in total. The number of carbonyl (C=O) groups is 1. The maximum atomic E-state index is 11.9. The predicted octanol–water partition coefficient (Wildman–Crippen LogP) is 3.92. The van der Waals surface area contributed by atoms with Crippen molar-refractivity contribution in [3.63, 3.8) is 0 Å². The van der Waals surface area contributed by atoms with Gasteiger partial charge in [-0.05, 0) is 56.2 Å². The van der Waals surface area contributed by atoms with Crippen molar-refractivity contribution in [2.45, 2.75) is 50.7 Å². The minimum Gasteiger partial charge on any atom is -0.493 e. The monoisotopic (exact) mass is 319 g/mol. The van der Waals surface area contributed by atoms with Crippen LogP contribution in [0.4, 0.5) is 4.79 Å². The Kier molecular flexibility index (Phi) is 4.94. The number of hydrogen-bond donors (Lipinski definition) is 0. The molecule has 0 radical (unpaired) electrons. The van der Waals surface area contributed by atoms with Crippen LogP contribution in [0, 0.1) is 0 Å². The fraction of sp³-hybridized carbons (Fsp3) is 0.611. The maximum absolute atomic E-state index is 11.9. The van der Waals surface area contributed by atoms with Crippen LogP contribution in [0.25, 0.3) is 0 Å². The zero-order valence-corrected chi connectivity index (χ0v) is 13.9. The third-order valence-corrected chi connectivity index (χ3v) is 4.83. The summed E-state index contributed by atoms with van der Waals surface area (Å²) in [5.74, 6) is 1.54. The van der Waals surface area contributed by atoms with Gasteiger partial charge in [-0.25, -0.2) is 4.79 Å². The summed E-state index contributed by atoms with van der Waals surface area (Å²) >= 11 is 0. The lowest BCUT2D eigenvalue weighted by Crippen LogP contribution is -2.30. The first-order valence-corrected chi connectivity index (χ1v) is 8.42. The van der Waals surface area contributed by atoms with E-state index in [4.69, 9.17) is 14.2 Å². The topological polar surface area (TPSA) is 48.0 Å². The van der Waals surface area contributed by atoms with Gasteiger partial charge in [0, 0.05) is 6.54 Å². The van der Waals surface area contributed by atoms with Crippen molar-refractivity contribution in [1.82, 2.24) is 4.90 Å². The number of ether oxygens (including phenoxy) is 3. The molecule has 0 aromatic heterocycles. The van der Waals surface area contributed by atoms with Crippen molar-refractivity contribution >= 4 is 6.09 Å². The summed E-state index contributed by atoms with van der Waals surface area (Å²) in [4.78, 5) is 13.7. The second kappa shape index (κ2) is 7.11. The molecule has 1 aliphatic carbocycles. The summed E-state index contributed by atoms with van der Waals surface area (Å²) in [6.07, 6.45) is 6.61. The number of nitrogens with zero attached hydrogens (tertiary/aromatic N) is 1. The summed E-state index contributed by atoms with van der Waals surface area (Å²) in [5.41, 5.74) is 1.08. The zero-order valence-electron chi connectivity index (χ0n) is 13.9. The Morgan fingerprint density at radius 1 is 1.09 bits per heavy atom. The van der Waals surface area contributed by atoms with E-state index >= 15 is 0 Å². The number of rotatable bonds is 4. The Morgan fingerprint density at radius 3 is 2.57 bits per heavy atom. The van der Waals surface area contributed by atoms with Gasteiger partial charge in [0.2, 0.25) is 0 Å². The van der Waals surface area contributed by atoms with Crippen LogP contribution in [0.5, 0.6) is 11.5 Å². The molecule has 1 saturated heterocycles. The van der Waals surface area contributed by atoms with Crippen LogP contribution >= 0.6 is 0 Å². The van der Waals surface area contributed by atoms with Crippen LogP contribution < -0.4 is 9.47 Å². The number of amides is 1. The molecule has 1 aromatic carbocycles. The van der Waals surface area contributed by atoms with E-state index in [0.29, 0.717) is 0 Å². The van der Waals surface area contributed by atoms with Crippen LogP contribution in [-0.2, 0) is 4.74 Å². The molecule has 0 bridgehead atoms. The van der Waals surface area contributed by atoms with Gasteiger partial charge < -0.3 is 19.1 Å². The van der Waals surface area contributed by atoms with Gasteiger partial charge in [0.25, 0.3) is 0 Å². The Morgan fingerprint density at radius 2 is 1.87 bits per heavy atom. The highest BCUT2D eigenvalue weighted by Gasteiger charge is 2.31.